The summed E-state index contributed by atoms with van der Waals surface area (Å²) < 4.78 is 0. The summed E-state index contributed by atoms with van der Waals surface area (Å²) in [6.45, 7) is 0. The normalized spacial score (nSPS) is 10.2. The van der Waals surface area contributed by atoms with Crippen molar-refractivity contribution in [3.05, 3.63) is 52.0 Å². The number of hydrogen-bond acceptors (Lipinski definition) is 5. The third kappa shape index (κ3) is 3.58. The maximum absolute atomic E-state index is 11.7. The van der Waals surface area contributed by atoms with Crippen LogP contribution in [-0.2, 0) is 16.0 Å². The van der Waals surface area contributed by atoms with Gasteiger partial charge in [0.1, 0.15) is 0 Å². The van der Waals surface area contributed by atoms with Crippen molar-refractivity contribution in [1.82, 2.24) is 4.98 Å². The molecule has 2 aromatic rings. The SMILES string of the molecule is O=C(O)C(=O)CC(=O)c1ccc(Cc2ccncc2)s1. The Morgan fingerprint density at radius 3 is 2.45 bits per heavy atom. The zero-order valence-corrected chi connectivity index (χ0v) is 11.2. The number of carboxylic acid groups (broad SMARTS) is 1. The monoisotopic (exact) mass is 289 g/mol. The van der Waals surface area contributed by atoms with Crippen LogP contribution in [0.25, 0.3) is 0 Å². The van der Waals surface area contributed by atoms with E-state index in [0.29, 0.717) is 11.3 Å². The standard InChI is InChI=1S/C14H11NO4S/c16-11(8-12(17)14(18)19)13-2-1-10(20-13)7-9-3-5-15-6-4-9/h1-6H,7-8H2,(H,18,19). The molecule has 2 rings (SSSR count). The summed E-state index contributed by atoms with van der Waals surface area (Å²) in [5.41, 5.74) is 1.07. The van der Waals surface area contributed by atoms with Crippen LogP contribution in [0, 0.1) is 0 Å². The first-order chi connectivity index (χ1) is 9.56. The summed E-state index contributed by atoms with van der Waals surface area (Å²) in [7, 11) is 0. The minimum atomic E-state index is -1.58. The summed E-state index contributed by atoms with van der Waals surface area (Å²) in [4.78, 5) is 38.5. The Balaban J connectivity index is 2.04. The second kappa shape index (κ2) is 6.21. The fourth-order valence-electron chi connectivity index (χ4n) is 1.63. The average molecular weight is 289 g/mol. The van der Waals surface area contributed by atoms with Crippen LogP contribution in [0.5, 0.6) is 0 Å². The number of carbonyl (C=O) groups is 3. The number of aliphatic carboxylic acids is 1. The predicted molar refractivity (Wildman–Crippen MR) is 73.0 cm³/mol. The minimum Gasteiger partial charge on any atom is -0.475 e. The quantitative estimate of drug-likeness (QED) is 0.499. The van der Waals surface area contributed by atoms with Gasteiger partial charge in [-0.1, -0.05) is 0 Å². The van der Waals surface area contributed by atoms with Crippen molar-refractivity contribution in [2.75, 3.05) is 0 Å². The van der Waals surface area contributed by atoms with Crippen LogP contribution in [0.2, 0.25) is 0 Å². The number of Topliss-reactive ketones (excluding diaryl/α,β-unsaturated/α-hetero) is 2. The second-order valence-electron chi connectivity index (χ2n) is 4.13. The summed E-state index contributed by atoms with van der Waals surface area (Å²) in [5.74, 6) is -3.12. The molecule has 0 unspecified atom stereocenters. The second-order valence-corrected chi connectivity index (χ2v) is 5.29. The van der Waals surface area contributed by atoms with Crippen LogP contribution in [0.4, 0.5) is 0 Å². The van der Waals surface area contributed by atoms with Gasteiger partial charge in [-0.15, -0.1) is 11.3 Å². The van der Waals surface area contributed by atoms with E-state index in [1.54, 1.807) is 18.5 Å². The molecule has 102 valence electrons. The molecule has 5 nitrogen and oxygen atoms in total. The van der Waals surface area contributed by atoms with Gasteiger partial charge in [-0.25, -0.2) is 4.79 Å². The molecule has 0 aliphatic heterocycles. The predicted octanol–water partition coefficient (Wildman–Crippen LogP) is 1.96. The molecule has 0 saturated carbocycles. The first-order valence-electron chi connectivity index (χ1n) is 5.83. The first-order valence-corrected chi connectivity index (χ1v) is 6.65. The molecule has 0 amide bonds. The van der Waals surface area contributed by atoms with Gasteiger partial charge in [0.25, 0.3) is 0 Å². The van der Waals surface area contributed by atoms with Gasteiger partial charge in [-0.3, -0.25) is 14.6 Å². The lowest BCUT2D eigenvalue weighted by molar-refractivity contribution is -0.148. The largest absolute Gasteiger partial charge is 0.475 e. The molecular weight excluding hydrogens is 278 g/mol. The lowest BCUT2D eigenvalue weighted by Crippen LogP contribution is -2.16. The number of aromatic nitrogens is 1. The molecule has 6 heteroatoms. The molecule has 0 aliphatic carbocycles. The van der Waals surface area contributed by atoms with Crippen molar-refractivity contribution in [3.8, 4) is 0 Å². The zero-order chi connectivity index (χ0) is 14.5. The van der Waals surface area contributed by atoms with Crippen LogP contribution in [0.3, 0.4) is 0 Å². The average Bonchev–Trinajstić information content (AvgIpc) is 2.88. The summed E-state index contributed by atoms with van der Waals surface area (Å²) in [5, 5.41) is 8.47. The van der Waals surface area contributed by atoms with E-state index in [2.05, 4.69) is 4.98 Å². The number of ketones is 2. The minimum absolute atomic E-state index is 0.406. The van der Waals surface area contributed by atoms with Crippen molar-refractivity contribution in [3.63, 3.8) is 0 Å². The Bertz CT molecular complexity index is 648. The first kappa shape index (κ1) is 14.1. The van der Waals surface area contributed by atoms with E-state index in [-0.39, 0.29) is 0 Å². The Labute approximate surface area is 118 Å². The van der Waals surface area contributed by atoms with Gasteiger partial charge in [0, 0.05) is 23.7 Å². The molecule has 0 fully saturated rings. The van der Waals surface area contributed by atoms with Crippen LogP contribution < -0.4 is 0 Å². The van der Waals surface area contributed by atoms with Gasteiger partial charge >= 0.3 is 5.97 Å². The molecule has 0 atom stereocenters. The molecule has 0 bridgehead atoms. The zero-order valence-electron chi connectivity index (χ0n) is 10.4. The summed E-state index contributed by atoms with van der Waals surface area (Å²) in [6, 6.07) is 7.20. The number of hydrogen-bond donors (Lipinski definition) is 1. The Hall–Kier alpha value is -2.34. The van der Waals surface area contributed by atoms with Crippen molar-refractivity contribution in [2.45, 2.75) is 12.8 Å². The van der Waals surface area contributed by atoms with Crippen molar-refractivity contribution < 1.29 is 19.5 Å². The van der Waals surface area contributed by atoms with Crippen LogP contribution >= 0.6 is 11.3 Å². The number of pyridine rings is 1. The molecule has 20 heavy (non-hydrogen) atoms. The summed E-state index contributed by atoms with van der Waals surface area (Å²) >= 11 is 1.27. The topological polar surface area (TPSA) is 84.3 Å². The smallest absolute Gasteiger partial charge is 0.372 e. The highest BCUT2D eigenvalue weighted by molar-refractivity contribution is 7.14. The fraction of sp³-hybridized carbons (Fsp3) is 0.143. The molecule has 0 aromatic carbocycles. The third-order valence-corrected chi connectivity index (χ3v) is 3.75. The van der Waals surface area contributed by atoms with Crippen LogP contribution in [0.1, 0.15) is 26.5 Å². The van der Waals surface area contributed by atoms with Gasteiger partial charge in [0.2, 0.25) is 5.78 Å². The van der Waals surface area contributed by atoms with Gasteiger partial charge in [-0.05, 0) is 29.8 Å². The Morgan fingerprint density at radius 2 is 1.80 bits per heavy atom. The molecule has 1 N–H and O–H groups in total. The van der Waals surface area contributed by atoms with Crippen molar-refractivity contribution in [1.29, 1.82) is 0 Å². The molecular formula is C14H11NO4S. The van der Waals surface area contributed by atoms with Gasteiger partial charge in [0.05, 0.1) is 11.3 Å². The molecule has 0 radical (unpaired) electrons. The summed E-state index contributed by atoms with van der Waals surface area (Å²) in [6.07, 6.45) is 3.47. The van der Waals surface area contributed by atoms with E-state index in [1.165, 1.54) is 11.3 Å². The lowest BCUT2D eigenvalue weighted by Gasteiger charge is -1.97. The molecule has 2 heterocycles. The van der Waals surface area contributed by atoms with Gasteiger partial charge in [-0.2, -0.15) is 0 Å². The number of rotatable bonds is 6. The number of carboxylic acids is 1. The molecule has 0 saturated heterocycles. The number of thiophene rings is 1. The van der Waals surface area contributed by atoms with E-state index >= 15 is 0 Å². The van der Waals surface area contributed by atoms with Gasteiger partial charge < -0.3 is 5.11 Å². The van der Waals surface area contributed by atoms with Crippen LogP contribution in [-0.4, -0.2) is 27.6 Å². The van der Waals surface area contributed by atoms with E-state index < -0.39 is 24.0 Å². The highest BCUT2D eigenvalue weighted by Crippen LogP contribution is 2.21. The van der Waals surface area contributed by atoms with E-state index in [0.717, 1.165) is 10.4 Å². The number of nitrogens with zero attached hydrogens (tertiary/aromatic N) is 1. The number of carbonyl (C=O) groups excluding carboxylic acids is 2. The highest BCUT2D eigenvalue weighted by Gasteiger charge is 2.19. The van der Waals surface area contributed by atoms with Crippen molar-refractivity contribution >= 4 is 28.9 Å². The van der Waals surface area contributed by atoms with E-state index in [4.69, 9.17) is 5.11 Å². The third-order valence-electron chi connectivity index (χ3n) is 2.62. The lowest BCUT2D eigenvalue weighted by atomic mass is 10.1. The fourth-order valence-corrected chi connectivity index (χ4v) is 2.61. The van der Waals surface area contributed by atoms with E-state index in [1.807, 2.05) is 18.2 Å². The Morgan fingerprint density at radius 1 is 1.10 bits per heavy atom. The molecule has 2 aromatic heterocycles. The van der Waals surface area contributed by atoms with Crippen LogP contribution in [0.15, 0.2) is 36.7 Å². The van der Waals surface area contributed by atoms with Crippen molar-refractivity contribution in [2.24, 2.45) is 0 Å². The Kier molecular flexibility index (Phi) is 4.37. The molecule has 0 spiro atoms. The maximum Gasteiger partial charge on any atom is 0.372 e. The maximum atomic E-state index is 11.7. The highest BCUT2D eigenvalue weighted by atomic mass is 32.1. The molecule has 0 aliphatic rings. The van der Waals surface area contributed by atoms with Gasteiger partial charge in [0.15, 0.2) is 5.78 Å². The van der Waals surface area contributed by atoms with E-state index in [9.17, 15) is 14.4 Å².